The molecule has 0 spiro atoms. The van der Waals surface area contributed by atoms with Gasteiger partial charge in [-0.15, -0.1) is 0 Å². The van der Waals surface area contributed by atoms with Gasteiger partial charge < -0.3 is 19.7 Å². The summed E-state index contributed by atoms with van der Waals surface area (Å²) >= 11 is 0. The topological polar surface area (TPSA) is 132 Å². The van der Waals surface area contributed by atoms with Gasteiger partial charge in [0.15, 0.2) is 0 Å². The van der Waals surface area contributed by atoms with Gasteiger partial charge in [0.1, 0.15) is 11.6 Å². The first kappa shape index (κ1) is 16.6. The maximum Gasteiger partial charge on any atom is 0.326 e. The van der Waals surface area contributed by atoms with Crippen molar-refractivity contribution < 1.29 is 28.8 Å². The van der Waals surface area contributed by atoms with Gasteiger partial charge in [-0.1, -0.05) is 5.16 Å². The number of nitrogens with zero attached hydrogens (tertiary/aromatic N) is 2. The smallest absolute Gasteiger partial charge is 0.326 e. The average Bonchev–Trinajstić information content (AvgIpc) is 2.72. The molecule has 1 rings (SSSR count). The number of carboxylic acid groups (broad SMARTS) is 1. The van der Waals surface area contributed by atoms with Crippen molar-refractivity contribution in [3.8, 4) is 0 Å². The van der Waals surface area contributed by atoms with Crippen LogP contribution >= 0.6 is 0 Å². The minimum atomic E-state index is -1.44. The summed E-state index contributed by atoms with van der Waals surface area (Å²) in [7, 11) is 0. The lowest BCUT2D eigenvalue weighted by Gasteiger charge is -2.21. The number of amides is 1. The third-order valence-corrected chi connectivity index (χ3v) is 2.12. The predicted octanol–water partition coefficient (Wildman–Crippen LogP) is 0.293. The molecule has 116 valence electrons. The molecule has 1 aromatic heterocycles. The molecule has 0 aliphatic heterocycles. The molecule has 0 aliphatic rings. The summed E-state index contributed by atoms with van der Waals surface area (Å²) in [5, 5.41) is 14.5. The summed E-state index contributed by atoms with van der Waals surface area (Å²) in [6.45, 7) is 6.45. The molecule has 0 saturated carbocycles. The molecule has 0 aromatic carbocycles. The highest BCUT2D eigenvalue weighted by Crippen LogP contribution is 2.09. The summed E-state index contributed by atoms with van der Waals surface area (Å²) in [6, 6.07) is -1.44. The van der Waals surface area contributed by atoms with Gasteiger partial charge in [-0.3, -0.25) is 9.59 Å². The van der Waals surface area contributed by atoms with E-state index in [9.17, 15) is 14.4 Å². The second-order valence-corrected chi connectivity index (χ2v) is 5.29. The van der Waals surface area contributed by atoms with Crippen molar-refractivity contribution in [3.05, 3.63) is 11.7 Å². The lowest BCUT2D eigenvalue weighted by Crippen LogP contribution is -2.43. The van der Waals surface area contributed by atoms with E-state index in [0.29, 0.717) is 0 Å². The van der Waals surface area contributed by atoms with Gasteiger partial charge in [-0.2, -0.15) is 4.98 Å². The molecule has 1 aromatic rings. The third-order valence-electron chi connectivity index (χ3n) is 2.12. The fraction of sp³-hybridized carbons (Fsp3) is 0.583. The molecular weight excluding hydrogens is 282 g/mol. The lowest BCUT2D eigenvalue weighted by atomic mass is 10.1. The molecule has 0 fully saturated rings. The van der Waals surface area contributed by atoms with Gasteiger partial charge in [0, 0.05) is 6.92 Å². The zero-order valence-electron chi connectivity index (χ0n) is 12.2. The molecule has 2 N–H and O–H groups in total. The second-order valence-electron chi connectivity index (χ2n) is 5.29. The number of hydrogen-bond donors (Lipinski definition) is 2. The van der Waals surface area contributed by atoms with Crippen molar-refractivity contribution in [2.45, 2.75) is 45.8 Å². The number of aryl methyl sites for hydroxylation is 1. The highest BCUT2D eigenvalue weighted by atomic mass is 16.6. The number of aromatic nitrogens is 2. The lowest BCUT2D eigenvalue weighted by molar-refractivity contribution is -0.158. The summed E-state index contributed by atoms with van der Waals surface area (Å²) in [4.78, 5) is 38.1. The van der Waals surface area contributed by atoms with E-state index in [1.54, 1.807) is 20.8 Å². The third kappa shape index (κ3) is 5.59. The number of aliphatic carboxylic acids is 1. The molecular formula is C12H17N3O6. The van der Waals surface area contributed by atoms with Crippen molar-refractivity contribution in [2.75, 3.05) is 0 Å². The van der Waals surface area contributed by atoms with Crippen LogP contribution in [0, 0.1) is 6.92 Å². The molecule has 21 heavy (non-hydrogen) atoms. The molecule has 9 heteroatoms. The van der Waals surface area contributed by atoms with Crippen LogP contribution in [0.15, 0.2) is 4.52 Å². The first-order valence-corrected chi connectivity index (χ1v) is 6.14. The maximum absolute atomic E-state index is 11.7. The minimum absolute atomic E-state index is 0.166. The highest BCUT2D eigenvalue weighted by molar-refractivity contribution is 5.94. The van der Waals surface area contributed by atoms with E-state index in [2.05, 4.69) is 20.0 Å². The van der Waals surface area contributed by atoms with Crippen LogP contribution in [0.3, 0.4) is 0 Å². The zero-order valence-corrected chi connectivity index (χ0v) is 12.2. The Bertz CT molecular complexity index is 545. The van der Waals surface area contributed by atoms with Crippen molar-refractivity contribution >= 4 is 17.8 Å². The van der Waals surface area contributed by atoms with Gasteiger partial charge in [0.25, 0.3) is 11.7 Å². The van der Waals surface area contributed by atoms with E-state index in [-0.39, 0.29) is 11.7 Å². The Morgan fingerprint density at radius 2 is 2.00 bits per heavy atom. The summed E-state index contributed by atoms with van der Waals surface area (Å²) in [5.74, 6) is -3.08. The normalized spacial score (nSPS) is 12.6. The fourth-order valence-electron chi connectivity index (χ4n) is 1.36. The van der Waals surface area contributed by atoms with Crippen LogP contribution in [0.25, 0.3) is 0 Å². The SMILES string of the molecule is Cc1nc(C(=O)N[C@@H](CC(=O)OC(C)(C)C)C(=O)O)no1. The van der Waals surface area contributed by atoms with Crippen molar-refractivity contribution in [2.24, 2.45) is 0 Å². The second kappa shape index (κ2) is 6.33. The van der Waals surface area contributed by atoms with Crippen LogP contribution in [0.2, 0.25) is 0 Å². The molecule has 0 unspecified atom stereocenters. The number of rotatable bonds is 5. The summed E-state index contributed by atoms with van der Waals surface area (Å²) in [5.41, 5.74) is -0.741. The first-order valence-electron chi connectivity index (χ1n) is 6.14. The minimum Gasteiger partial charge on any atom is -0.480 e. The Balaban J connectivity index is 2.68. The zero-order chi connectivity index (χ0) is 16.2. The van der Waals surface area contributed by atoms with Gasteiger partial charge >= 0.3 is 11.9 Å². The standard InChI is InChI=1S/C12H17N3O6/c1-6-13-9(15-21-6)10(17)14-7(11(18)19)5-8(16)20-12(2,3)4/h7H,5H2,1-4H3,(H,14,17)(H,18,19)/t7-/m0/s1. The number of nitrogens with one attached hydrogen (secondary N) is 1. The van der Waals surface area contributed by atoms with E-state index in [1.165, 1.54) is 6.92 Å². The van der Waals surface area contributed by atoms with E-state index in [4.69, 9.17) is 9.84 Å². The Labute approximate surface area is 120 Å². The first-order chi connectivity index (χ1) is 9.58. The van der Waals surface area contributed by atoms with Gasteiger partial charge in [0.2, 0.25) is 5.89 Å². The number of ether oxygens (including phenoxy) is 1. The van der Waals surface area contributed by atoms with Crippen molar-refractivity contribution in [3.63, 3.8) is 0 Å². The molecule has 1 heterocycles. The molecule has 0 saturated heterocycles. The Morgan fingerprint density at radius 3 is 2.43 bits per heavy atom. The van der Waals surface area contributed by atoms with E-state index < -0.39 is 35.9 Å². The van der Waals surface area contributed by atoms with Crippen LogP contribution in [0.4, 0.5) is 0 Å². The number of hydrogen-bond acceptors (Lipinski definition) is 7. The number of esters is 1. The van der Waals surface area contributed by atoms with E-state index in [1.807, 2.05) is 0 Å². The van der Waals surface area contributed by atoms with Crippen LogP contribution in [-0.2, 0) is 14.3 Å². The fourth-order valence-corrected chi connectivity index (χ4v) is 1.36. The Morgan fingerprint density at radius 1 is 1.38 bits per heavy atom. The molecule has 0 aliphatic carbocycles. The molecule has 9 nitrogen and oxygen atoms in total. The predicted molar refractivity (Wildman–Crippen MR) is 68.4 cm³/mol. The molecule has 1 amide bonds. The van der Waals surface area contributed by atoms with Crippen molar-refractivity contribution in [1.29, 1.82) is 0 Å². The summed E-state index contributed by atoms with van der Waals surface area (Å²) in [6.07, 6.45) is -0.505. The average molecular weight is 299 g/mol. The monoisotopic (exact) mass is 299 g/mol. The largest absolute Gasteiger partial charge is 0.480 e. The molecule has 0 radical (unpaired) electrons. The van der Waals surface area contributed by atoms with Crippen LogP contribution in [0.1, 0.15) is 43.7 Å². The van der Waals surface area contributed by atoms with Crippen LogP contribution < -0.4 is 5.32 Å². The quantitative estimate of drug-likeness (QED) is 0.741. The summed E-state index contributed by atoms with van der Waals surface area (Å²) < 4.78 is 9.62. The van der Waals surface area contributed by atoms with Gasteiger partial charge in [-0.25, -0.2) is 4.79 Å². The number of carboxylic acids is 1. The van der Waals surface area contributed by atoms with Crippen LogP contribution in [0.5, 0.6) is 0 Å². The van der Waals surface area contributed by atoms with E-state index in [0.717, 1.165) is 0 Å². The van der Waals surface area contributed by atoms with Gasteiger partial charge in [-0.05, 0) is 20.8 Å². The van der Waals surface area contributed by atoms with Crippen LogP contribution in [-0.4, -0.2) is 44.7 Å². The van der Waals surface area contributed by atoms with Crippen molar-refractivity contribution in [1.82, 2.24) is 15.5 Å². The number of carbonyl (C=O) groups excluding carboxylic acids is 2. The van der Waals surface area contributed by atoms with E-state index >= 15 is 0 Å². The molecule has 0 bridgehead atoms. The highest BCUT2D eigenvalue weighted by Gasteiger charge is 2.28. The Kier molecular flexibility index (Phi) is 5.01. The number of carbonyl (C=O) groups is 3. The Hall–Kier alpha value is -2.45. The molecule has 1 atom stereocenters. The maximum atomic E-state index is 11.7. The van der Waals surface area contributed by atoms with Gasteiger partial charge in [0.05, 0.1) is 6.42 Å².